The molecule has 0 saturated carbocycles. The molecule has 0 saturated heterocycles. The molecule has 0 aliphatic heterocycles. The standard InChI is InChI=1S/C15H20N2OS/c1-11-9-13(4-6-15(11)18-2)14(17-16)5-3-12-7-8-19-10-12/h4,6-10,14,17H,3,5,16H2,1-2H3. The first kappa shape index (κ1) is 14.1. The summed E-state index contributed by atoms with van der Waals surface area (Å²) in [4.78, 5) is 0. The summed E-state index contributed by atoms with van der Waals surface area (Å²) in [6, 6.07) is 8.54. The normalized spacial score (nSPS) is 12.4. The number of nitrogens with one attached hydrogen (secondary N) is 1. The highest BCUT2D eigenvalue weighted by molar-refractivity contribution is 7.07. The lowest BCUT2D eigenvalue weighted by Gasteiger charge is -2.17. The zero-order chi connectivity index (χ0) is 13.7. The maximum absolute atomic E-state index is 5.69. The smallest absolute Gasteiger partial charge is 0.121 e. The molecule has 1 heterocycles. The number of methoxy groups -OCH3 is 1. The van der Waals surface area contributed by atoms with Crippen LogP contribution in [0.25, 0.3) is 0 Å². The molecule has 0 radical (unpaired) electrons. The molecule has 102 valence electrons. The van der Waals surface area contributed by atoms with E-state index in [9.17, 15) is 0 Å². The van der Waals surface area contributed by atoms with Gasteiger partial charge in [0.1, 0.15) is 5.75 Å². The van der Waals surface area contributed by atoms with Gasteiger partial charge in [0.2, 0.25) is 0 Å². The molecule has 1 atom stereocenters. The summed E-state index contributed by atoms with van der Waals surface area (Å²) in [5.74, 6) is 6.60. The van der Waals surface area contributed by atoms with Crippen LogP contribution in [-0.4, -0.2) is 7.11 Å². The van der Waals surface area contributed by atoms with Gasteiger partial charge in [-0.3, -0.25) is 11.3 Å². The minimum Gasteiger partial charge on any atom is -0.496 e. The van der Waals surface area contributed by atoms with E-state index in [1.165, 1.54) is 11.1 Å². The van der Waals surface area contributed by atoms with Crippen molar-refractivity contribution in [2.75, 3.05) is 7.11 Å². The van der Waals surface area contributed by atoms with Gasteiger partial charge in [-0.15, -0.1) is 0 Å². The molecule has 1 aromatic heterocycles. The van der Waals surface area contributed by atoms with Crippen LogP contribution in [0.3, 0.4) is 0 Å². The van der Waals surface area contributed by atoms with Gasteiger partial charge in [0.05, 0.1) is 7.11 Å². The van der Waals surface area contributed by atoms with Gasteiger partial charge < -0.3 is 4.74 Å². The third-order valence-electron chi connectivity index (χ3n) is 3.32. The van der Waals surface area contributed by atoms with Gasteiger partial charge in [0.25, 0.3) is 0 Å². The van der Waals surface area contributed by atoms with E-state index in [1.807, 2.05) is 6.07 Å². The highest BCUT2D eigenvalue weighted by Gasteiger charge is 2.11. The molecule has 3 nitrogen and oxygen atoms in total. The predicted octanol–water partition coefficient (Wildman–Crippen LogP) is 3.20. The molecule has 19 heavy (non-hydrogen) atoms. The number of nitrogens with two attached hydrogens (primary N) is 1. The maximum atomic E-state index is 5.69. The van der Waals surface area contributed by atoms with Crippen molar-refractivity contribution in [1.82, 2.24) is 5.43 Å². The zero-order valence-corrected chi connectivity index (χ0v) is 12.2. The SMILES string of the molecule is COc1ccc(C(CCc2ccsc2)NN)cc1C. The molecule has 4 heteroatoms. The monoisotopic (exact) mass is 276 g/mol. The molecular formula is C15H20N2OS. The lowest BCUT2D eigenvalue weighted by Crippen LogP contribution is -2.28. The predicted molar refractivity (Wildman–Crippen MR) is 80.4 cm³/mol. The van der Waals surface area contributed by atoms with Crippen LogP contribution in [0, 0.1) is 6.92 Å². The first-order chi connectivity index (χ1) is 9.24. The van der Waals surface area contributed by atoms with Gasteiger partial charge in [-0.05, 0) is 59.3 Å². The molecule has 0 fully saturated rings. The van der Waals surface area contributed by atoms with Gasteiger partial charge in [0, 0.05) is 6.04 Å². The summed E-state index contributed by atoms with van der Waals surface area (Å²) >= 11 is 1.73. The van der Waals surface area contributed by atoms with E-state index in [0.29, 0.717) is 0 Å². The average Bonchev–Trinajstić information content (AvgIpc) is 2.93. The largest absolute Gasteiger partial charge is 0.496 e. The van der Waals surface area contributed by atoms with Crippen molar-refractivity contribution in [2.24, 2.45) is 5.84 Å². The van der Waals surface area contributed by atoms with Gasteiger partial charge in [-0.2, -0.15) is 11.3 Å². The Morgan fingerprint density at radius 3 is 2.79 bits per heavy atom. The Hall–Kier alpha value is -1.36. The number of aryl methyl sites for hydroxylation is 2. The first-order valence-corrected chi connectivity index (χ1v) is 7.30. The summed E-state index contributed by atoms with van der Waals surface area (Å²) in [6.45, 7) is 2.05. The van der Waals surface area contributed by atoms with Gasteiger partial charge >= 0.3 is 0 Å². The van der Waals surface area contributed by atoms with E-state index >= 15 is 0 Å². The van der Waals surface area contributed by atoms with Crippen molar-refractivity contribution in [3.8, 4) is 5.75 Å². The summed E-state index contributed by atoms with van der Waals surface area (Å²) in [5.41, 5.74) is 6.62. The topological polar surface area (TPSA) is 47.3 Å². The molecule has 0 aliphatic carbocycles. The molecule has 1 aromatic carbocycles. The van der Waals surface area contributed by atoms with Crippen LogP contribution >= 0.6 is 11.3 Å². The molecule has 2 rings (SSSR count). The van der Waals surface area contributed by atoms with Crippen LogP contribution < -0.4 is 16.0 Å². The molecule has 2 aromatic rings. The van der Waals surface area contributed by atoms with E-state index in [1.54, 1.807) is 18.4 Å². The van der Waals surface area contributed by atoms with Gasteiger partial charge in [-0.25, -0.2) is 0 Å². The van der Waals surface area contributed by atoms with Crippen molar-refractivity contribution < 1.29 is 4.74 Å². The van der Waals surface area contributed by atoms with Crippen molar-refractivity contribution in [1.29, 1.82) is 0 Å². The molecule has 0 spiro atoms. The van der Waals surface area contributed by atoms with Gasteiger partial charge in [0.15, 0.2) is 0 Å². The van der Waals surface area contributed by atoms with Crippen LogP contribution in [-0.2, 0) is 6.42 Å². The number of hydrazine groups is 1. The second-order valence-corrected chi connectivity index (χ2v) is 5.40. The lowest BCUT2D eigenvalue weighted by molar-refractivity contribution is 0.411. The fourth-order valence-electron chi connectivity index (χ4n) is 2.21. The molecule has 1 unspecified atom stereocenters. The van der Waals surface area contributed by atoms with E-state index in [-0.39, 0.29) is 6.04 Å². The minimum atomic E-state index is 0.171. The van der Waals surface area contributed by atoms with Crippen molar-refractivity contribution in [2.45, 2.75) is 25.8 Å². The highest BCUT2D eigenvalue weighted by atomic mass is 32.1. The number of benzene rings is 1. The molecule has 0 amide bonds. The Bertz CT molecular complexity index is 511. The van der Waals surface area contributed by atoms with Crippen molar-refractivity contribution in [3.05, 3.63) is 51.7 Å². The summed E-state index contributed by atoms with van der Waals surface area (Å²) < 4.78 is 5.28. The second-order valence-electron chi connectivity index (χ2n) is 4.62. The average molecular weight is 276 g/mol. The highest BCUT2D eigenvalue weighted by Crippen LogP contribution is 2.25. The van der Waals surface area contributed by atoms with Gasteiger partial charge in [-0.1, -0.05) is 12.1 Å². The summed E-state index contributed by atoms with van der Waals surface area (Å²) in [6.07, 6.45) is 2.02. The summed E-state index contributed by atoms with van der Waals surface area (Å²) in [7, 11) is 1.69. The number of hydrogen-bond donors (Lipinski definition) is 2. The summed E-state index contributed by atoms with van der Waals surface area (Å²) in [5, 5.41) is 4.30. The maximum Gasteiger partial charge on any atom is 0.121 e. The van der Waals surface area contributed by atoms with Crippen LogP contribution in [0.4, 0.5) is 0 Å². The Morgan fingerprint density at radius 2 is 2.21 bits per heavy atom. The van der Waals surface area contributed by atoms with Crippen LogP contribution in [0.1, 0.15) is 29.2 Å². The molecule has 3 N–H and O–H groups in total. The Morgan fingerprint density at radius 1 is 1.37 bits per heavy atom. The van der Waals surface area contributed by atoms with E-state index < -0.39 is 0 Å². The minimum absolute atomic E-state index is 0.171. The molecule has 0 bridgehead atoms. The van der Waals surface area contributed by atoms with Crippen LogP contribution in [0.2, 0.25) is 0 Å². The Labute approximate surface area is 118 Å². The third kappa shape index (κ3) is 3.56. The Kier molecular flexibility index (Phi) is 4.96. The number of hydrogen-bond acceptors (Lipinski definition) is 4. The number of thiophene rings is 1. The second kappa shape index (κ2) is 6.70. The molecule has 0 aliphatic rings. The lowest BCUT2D eigenvalue weighted by atomic mass is 9.99. The zero-order valence-electron chi connectivity index (χ0n) is 11.3. The van der Waals surface area contributed by atoms with Crippen LogP contribution in [0.15, 0.2) is 35.0 Å². The third-order valence-corrected chi connectivity index (χ3v) is 4.06. The fourth-order valence-corrected chi connectivity index (χ4v) is 2.91. The van der Waals surface area contributed by atoms with E-state index in [0.717, 1.165) is 24.2 Å². The van der Waals surface area contributed by atoms with Crippen molar-refractivity contribution in [3.63, 3.8) is 0 Å². The van der Waals surface area contributed by atoms with E-state index in [4.69, 9.17) is 10.6 Å². The van der Waals surface area contributed by atoms with Crippen molar-refractivity contribution >= 4 is 11.3 Å². The number of ether oxygens (including phenoxy) is 1. The fraction of sp³-hybridized carbons (Fsp3) is 0.333. The van der Waals surface area contributed by atoms with Crippen LogP contribution in [0.5, 0.6) is 5.75 Å². The quantitative estimate of drug-likeness (QED) is 0.629. The van der Waals surface area contributed by atoms with E-state index in [2.05, 4.69) is 41.3 Å². The molecular weight excluding hydrogens is 256 g/mol. The number of rotatable bonds is 6. The Balaban J connectivity index is 2.06. The first-order valence-electron chi connectivity index (χ1n) is 6.36.